The summed E-state index contributed by atoms with van der Waals surface area (Å²) in [6.07, 6.45) is -1.12. The highest BCUT2D eigenvalue weighted by molar-refractivity contribution is 8.03. The molecule has 1 fully saturated rings. The molecule has 1 saturated heterocycles. The maximum absolute atomic E-state index is 14.0. The van der Waals surface area contributed by atoms with Gasteiger partial charge in [-0.15, -0.1) is 0 Å². The number of fused-ring (bicyclic) bond motifs is 1. The molecule has 0 aromatic heterocycles. The monoisotopic (exact) mass is 482 g/mol. The van der Waals surface area contributed by atoms with Gasteiger partial charge >= 0.3 is 6.09 Å². The fourth-order valence-corrected chi connectivity index (χ4v) is 5.37. The van der Waals surface area contributed by atoms with Crippen LogP contribution >= 0.6 is 23.5 Å². The first-order chi connectivity index (χ1) is 15.5. The summed E-state index contributed by atoms with van der Waals surface area (Å²) in [5, 5.41) is 7.33. The zero-order valence-corrected chi connectivity index (χ0v) is 18.7. The first-order valence-corrected chi connectivity index (χ1v) is 11.9. The summed E-state index contributed by atoms with van der Waals surface area (Å²) in [5.41, 5.74) is -0.530. The Bertz CT molecular complexity index is 900. The molecule has 172 valence electrons. The molecule has 0 spiro atoms. The smallest absolute Gasteiger partial charge is 0.414 e. The number of nitrogens with one attached hydrogen (secondary N) is 3. The number of imide groups is 1. The Hall–Kier alpha value is -2.28. The van der Waals surface area contributed by atoms with Crippen LogP contribution in [0.3, 0.4) is 0 Å². The minimum atomic E-state index is -1.38. The van der Waals surface area contributed by atoms with Gasteiger partial charge in [-0.25, -0.2) is 9.18 Å². The van der Waals surface area contributed by atoms with Crippen molar-refractivity contribution >= 4 is 47.1 Å². The highest BCUT2D eigenvalue weighted by Gasteiger charge is 2.34. The van der Waals surface area contributed by atoms with Gasteiger partial charge in [0, 0.05) is 36.6 Å². The van der Waals surface area contributed by atoms with E-state index in [2.05, 4.69) is 20.9 Å². The first-order valence-electron chi connectivity index (χ1n) is 10.1. The van der Waals surface area contributed by atoms with Gasteiger partial charge in [-0.3, -0.25) is 19.8 Å². The second kappa shape index (κ2) is 10.6. The molecule has 0 bridgehead atoms. The third-order valence-electron chi connectivity index (χ3n) is 5.01. The highest BCUT2D eigenvalue weighted by atomic mass is 32.2. The topological polar surface area (TPSA) is 109 Å². The molecule has 0 radical (unpaired) electrons. The lowest BCUT2D eigenvalue weighted by Crippen LogP contribution is -2.40. The van der Waals surface area contributed by atoms with E-state index in [4.69, 9.17) is 9.47 Å². The van der Waals surface area contributed by atoms with Gasteiger partial charge in [0.1, 0.15) is 6.61 Å². The number of para-hydroxylation sites is 1. The van der Waals surface area contributed by atoms with Crippen LogP contribution in [-0.2, 0) is 19.1 Å². The molecular weight excluding hydrogens is 459 g/mol. The zero-order chi connectivity index (χ0) is 22.5. The van der Waals surface area contributed by atoms with Crippen molar-refractivity contribution in [1.29, 1.82) is 0 Å². The Morgan fingerprint density at radius 1 is 1.22 bits per heavy atom. The number of benzene rings is 1. The van der Waals surface area contributed by atoms with Crippen LogP contribution in [0.15, 0.2) is 39.8 Å². The summed E-state index contributed by atoms with van der Waals surface area (Å²) in [6.45, 7) is 3.44. The van der Waals surface area contributed by atoms with Crippen molar-refractivity contribution in [3.8, 4) is 0 Å². The van der Waals surface area contributed by atoms with Gasteiger partial charge in [0.05, 0.1) is 23.8 Å². The molecule has 4 rings (SSSR count). The van der Waals surface area contributed by atoms with Crippen molar-refractivity contribution < 1.29 is 28.2 Å². The predicted octanol–water partition coefficient (Wildman–Crippen LogP) is 1.88. The number of thioether (sulfide) groups is 2. The average Bonchev–Trinajstić information content (AvgIpc) is 3.38. The van der Waals surface area contributed by atoms with Crippen molar-refractivity contribution in [2.45, 2.75) is 22.2 Å². The minimum Gasteiger partial charge on any atom is -0.448 e. The number of amides is 3. The third-order valence-corrected chi connectivity index (χ3v) is 7.20. The second-order valence-corrected chi connectivity index (χ2v) is 9.51. The average molecular weight is 483 g/mol. The van der Waals surface area contributed by atoms with Crippen molar-refractivity contribution in [2.24, 2.45) is 0 Å². The van der Waals surface area contributed by atoms with E-state index in [0.29, 0.717) is 19.8 Å². The summed E-state index contributed by atoms with van der Waals surface area (Å²) in [7, 11) is 0. The number of alkyl carbamates (subject to hydrolysis) is 1. The van der Waals surface area contributed by atoms with E-state index < -0.39 is 28.8 Å². The Balaban J connectivity index is 1.29. The molecule has 3 amide bonds. The highest BCUT2D eigenvalue weighted by Crippen LogP contribution is 2.40. The molecule has 1 aromatic carbocycles. The number of carbonyl (C=O) groups is 3. The Morgan fingerprint density at radius 2 is 2.00 bits per heavy atom. The van der Waals surface area contributed by atoms with Crippen LogP contribution in [0.1, 0.15) is 6.42 Å². The lowest BCUT2D eigenvalue weighted by Gasteiger charge is -2.26. The number of anilines is 1. The summed E-state index contributed by atoms with van der Waals surface area (Å²) >= 11 is 2.08. The molecule has 2 unspecified atom stereocenters. The van der Waals surface area contributed by atoms with Crippen LogP contribution in [0, 0.1) is 0 Å². The van der Waals surface area contributed by atoms with E-state index in [-0.39, 0.29) is 23.6 Å². The molecule has 2 atom stereocenters. The summed E-state index contributed by atoms with van der Waals surface area (Å²) in [6, 6.07) is 7.49. The van der Waals surface area contributed by atoms with Crippen LogP contribution in [-0.4, -0.2) is 73.1 Å². The molecule has 3 aliphatic rings. The summed E-state index contributed by atoms with van der Waals surface area (Å²) < 4.78 is 24.3. The number of ether oxygens (including phenoxy) is 2. The standard InChI is InChI=1S/C20H23FN4O5S2/c21-15-11-12(16(26)24-20(28)30-10-7-25-5-8-29-9-6-25)18(32-15)23-17(27)19-22-13-3-1-2-4-14(13)31-19/h1-4,15,19,22H,5-11H2,(H,23,27)(H,24,26,28). The van der Waals surface area contributed by atoms with E-state index in [1.165, 1.54) is 11.8 Å². The van der Waals surface area contributed by atoms with Gasteiger partial charge in [0.25, 0.3) is 11.8 Å². The number of carbonyl (C=O) groups excluding carboxylic acids is 3. The van der Waals surface area contributed by atoms with Gasteiger partial charge in [0.15, 0.2) is 10.9 Å². The molecular formula is C20H23FN4O5S2. The van der Waals surface area contributed by atoms with Gasteiger partial charge in [0.2, 0.25) is 0 Å². The fraction of sp³-hybridized carbons (Fsp3) is 0.450. The minimum absolute atomic E-state index is 0.0153. The molecule has 0 aliphatic carbocycles. The maximum Gasteiger partial charge on any atom is 0.414 e. The van der Waals surface area contributed by atoms with Gasteiger partial charge in [-0.05, 0) is 12.1 Å². The van der Waals surface area contributed by atoms with E-state index in [9.17, 15) is 18.8 Å². The number of halogens is 1. The van der Waals surface area contributed by atoms with Crippen molar-refractivity contribution in [1.82, 2.24) is 15.5 Å². The molecule has 32 heavy (non-hydrogen) atoms. The van der Waals surface area contributed by atoms with E-state index in [1.807, 2.05) is 24.3 Å². The number of hydrogen-bond donors (Lipinski definition) is 3. The zero-order valence-electron chi connectivity index (χ0n) is 17.1. The maximum atomic E-state index is 14.0. The first kappa shape index (κ1) is 22.9. The molecule has 9 nitrogen and oxygen atoms in total. The van der Waals surface area contributed by atoms with Crippen LogP contribution < -0.4 is 16.0 Å². The summed E-state index contributed by atoms with van der Waals surface area (Å²) in [5.74, 6) is -1.18. The third kappa shape index (κ3) is 5.74. The number of morpholine rings is 1. The molecule has 0 saturated carbocycles. The Labute approximate surface area is 192 Å². The molecule has 3 heterocycles. The molecule has 1 aromatic rings. The molecule has 3 aliphatic heterocycles. The Kier molecular flexibility index (Phi) is 7.55. The lowest BCUT2D eigenvalue weighted by atomic mass is 10.2. The Morgan fingerprint density at radius 3 is 2.78 bits per heavy atom. The normalized spacial score (nSPS) is 22.8. The van der Waals surface area contributed by atoms with E-state index >= 15 is 0 Å². The number of alkyl halides is 1. The van der Waals surface area contributed by atoms with Gasteiger partial charge in [-0.1, -0.05) is 35.7 Å². The summed E-state index contributed by atoms with van der Waals surface area (Å²) in [4.78, 5) is 40.2. The number of nitrogens with zero attached hydrogens (tertiary/aromatic N) is 1. The van der Waals surface area contributed by atoms with Crippen LogP contribution in [0.25, 0.3) is 0 Å². The lowest BCUT2D eigenvalue weighted by molar-refractivity contribution is -0.119. The second-order valence-electron chi connectivity index (χ2n) is 7.21. The van der Waals surface area contributed by atoms with Crippen LogP contribution in [0.4, 0.5) is 14.9 Å². The number of hydrogen-bond acceptors (Lipinski definition) is 9. The van der Waals surface area contributed by atoms with Crippen molar-refractivity contribution in [3.05, 3.63) is 34.9 Å². The largest absolute Gasteiger partial charge is 0.448 e. The molecule has 3 N–H and O–H groups in total. The van der Waals surface area contributed by atoms with E-state index in [1.54, 1.807) is 0 Å². The molecule has 12 heteroatoms. The van der Waals surface area contributed by atoms with Gasteiger partial charge < -0.3 is 20.1 Å². The fourth-order valence-electron chi connectivity index (χ4n) is 3.37. The van der Waals surface area contributed by atoms with Crippen LogP contribution in [0.5, 0.6) is 0 Å². The van der Waals surface area contributed by atoms with E-state index in [0.717, 1.165) is 35.4 Å². The van der Waals surface area contributed by atoms with Crippen molar-refractivity contribution in [2.75, 3.05) is 44.8 Å². The van der Waals surface area contributed by atoms with Crippen molar-refractivity contribution in [3.63, 3.8) is 0 Å². The quantitative estimate of drug-likeness (QED) is 0.560. The number of rotatable bonds is 6. The SMILES string of the molecule is O=C(NC(=O)C1=C(NC(=O)C2Nc3ccccc3S2)SC(F)C1)OCCN1CCOCC1. The van der Waals surface area contributed by atoms with Gasteiger partial charge in [-0.2, -0.15) is 0 Å². The predicted molar refractivity (Wildman–Crippen MR) is 119 cm³/mol. The van der Waals surface area contributed by atoms with Crippen LogP contribution in [0.2, 0.25) is 0 Å².